The first-order valence-corrected chi connectivity index (χ1v) is 12.7. The molecule has 0 bridgehead atoms. The molecule has 2 heterocycles. The summed E-state index contributed by atoms with van der Waals surface area (Å²) in [6.45, 7) is 4.76. The van der Waals surface area contributed by atoms with Crippen LogP contribution in [0.4, 0.5) is 18.9 Å². The van der Waals surface area contributed by atoms with Crippen molar-refractivity contribution in [2.45, 2.75) is 70.3 Å². The van der Waals surface area contributed by atoms with E-state index in [2.05, 4.69) is 11.0 Å². The van der Waals surface area contributed by atoms with Gasteiger partial charge in [0.15, 0.2) is 0 Å². The lowest BCUT2D eigenvalue weighted by atomic mass is 9.72. The lowest BCUT2D eigenvalue weighted by molar-refractivity contribution is -0.138. The van der Waals surface area contributed by atoms with Crippen molar-refractivity contribution in [3.8, 4) is 6.07 Å². The summed E-state index contributed by atoms with van der Waals surface area (Å²) in [6, 6.07) is 12.5. The quantitative estimate of drug-likeness (QED) is 0.459. The molecular weight excluding hydrogens is 479 g/mol. The molecule has 1 saturated heterocycles. The number of nitriles is 1. The van der Waals surface area contributed by atoms with E-state index in [9.17, 15) is 22.8 Å². The van der Waals surface area contributed by atoms with E-state index in [4.69, 9.17) is 5.26 Å². The third kappa shape index (κ3) is 4.77. The lowest BCUT2D eigenvalue weighted by Gasteiger charge is -2.44. The number of hydrogen-bond acceptors (Lipinski definition) is 4. The first-order valence-electron chi connectivity index (χ1n) is 12.7. The maximum Gasteiger partial charge on any atom is 0.416 e. The number of hydrogen-bond donors (Lipinski definition) is 0. The van der Waals surface area contributed by atoms with Gasteiger partial charge in [-0.2, -0.15) is 18.4 Å². The Morgan fingerprint density at radius 2 is 1.95 bits per heavy atom. The second-order valence-corrected chi connectivity index (χ2v) is 11.3. The molecule has 2 fully saturated rings. The number of benzene rings is 2. The number of amides is 1. The van der Waals surface area contributed by atoms with E-state index < -0.39 is 17.6 Å². The molecule has 2 aromatic rings. The smallest absolute Gasteiger partial charge is 0.304 e. The zero-order valence-corrected chi connectivity index (χ0v) is 21.0. The first-order chi connectivity index (χ1) is 17.5. The number of halogens is 3. The molecule has 0 radical (unpaired) electrons. The fourth-order valence-corrected chi connectivity index (χ4v) is 6.09. The first kappa shape index (κ1) is 25.5. The highest BCUT2D eigenvalue weighted by Gasteiger charge is 2.42. The number of piperidine rings is 1. The molecule has 37 heavy (non-hydrogen) atoms. The predicted molar refractivity (Wildman–Crippen MR) is 133 cm³/mol. The third-order valence-corrected chi connectivity index (χ3v) is 8.33. The van der Waals surface area contributed by atoms with E-state index in [1.165, 1.54) is 11.0 Å². The minimum Gasteiger partial charge on any atom is -0.304 e. The van der Waals surface area contributed by atoms with Crippen LogP contribution in [0.25, 0.3) is 0 Å². The molecule has 1 saturated carbocycles. The standard InChI is InChI=1S/C29H30F3N3O2/c1-28(2)13-18(17-36)6-7-34(28)15-20-10-24-25(26(11-20)29(30,31)32)16-35(27(24)37)23-5-3-4-21(12-23)22-8-19(9-22)14-33/h3-5,10-12,17-19,22H,6-9,13,15-16H2,1-2H3. The fourth-order valence-electron chi connectivity index (χ4n) is 6.09. The summed E-state index contributed by atoms with van der Waals surface area (Å²) < 4.78 is 42.6. The molecule has 2 aliphatic heterocycles. The van der Waals surface area contributed by atoms with Crippen molar-refractivity contribution in [1.29, 1.82) is 5.26 Å². The van der Waals surface area contributed by atoms with Gasteiger partial charge in [-0.1, -0.05) is 12.1 Å². The van der Waals surface area contributed by atoms with E-state index in [1.807, 2.05) is 32.0 Å². The van der Waals surface area contributed by atoms with Gasteiger partial charge in [0.1, 0.15) is 6.29 Å². The van der Waals surface area contributed by atoms with Crippen molar-refractivity contribution in [2.75, 3.05) is 11.4 Å². The van der Waals surface area contributed by atoms with Crippen LogP contribution in [0.2, 0.25) is 0 Å². The Bertz CT molecular complexity index is 1270. The SMILES string of the molecule is CC1(C)CC(C=O)CCN1Cc1cc2c(c(C(F)(F)F)c1)CN(c1cccc(C3CC(C#N)C3)c1)C2=O. The summed E-state index contributed by atoms with van der Waals surface area (Å²) >= 11 is 0. The molecule has 2 aromatic carbocycles. The third-order valence-electron chi connectivity index (χ3n) is 8.33. The number of aldehydes is 1. The fraction of sp³-hybridized carbons (Fsp3) is 0.483. The molecule has 8 heteroatoms. The van der Waals surface area contributed by atoms with Crippen LogP contribution >= 0.6 is 0 Å². The van der Waals surface area contributed by atoms with Gasteiger partial charge < -0.3 is 9.69 Å². The molecule has 1 aliphatic carbocycles. The summed E-state index contributed by atoms with van der Waals surface area (Å²) in [5.41, 5.74) is 1.04. The van der Waals surface area contributed by atoms with Crippen molar-refractivity contribution in [3.05, 3.63) is 64.2 Å². The molecule has 1 unspecified atom stereocenters. The number of likely N-dealkylation sites (tertiary alicyclic amines) is 1. The van der Waals surface area contributed by atoms with Gasteiger partial charge in [0.2, 0.25) is 0 Å². The van der Waals surface area contributed by atoms with Gasteiger partial charge in [0.25, 0.3) is 5.91 Å². The normalized spacial score (nSPS) is 25.4. The molecule has 1 amide bonds. The monoisotopic (exact) mass is 509 g/mol. The summed E-state index contributed by atoms with van der Waals surface area (Å²) in [5, 5.41) is 9.07. The van der Waals surface area contributed by atoms with Gasteiger partial charge in [-0.05, 0) is 92.9 Å². The Hall–Kier alpha value is -3.18. The van der Waals surface area contributed by atoms with Gasteiger partial charge in [-0.15, -0.1) is 0 Å². The number of nitrogens with zero attached hydrogens (tertiary/aromatic N) is 3. The molecule has 0 spiro atoms. The number of rotatable bonds is 5. The van der Waals surface area contributed by atoms with E-state index in [0.717, 1.165) is 24.7 Å². The van der Waals surface area contributed by atoms with Crippen LogP contribution in [0.15, 0.2) is 36.4 Å². The van der Waals surface area contributed by atoms with Crippen molar-refractivity contribution >= 4 is 17.9 Å². The minimum absolute atomic E-state index is 0.0127. The molecule has 5 rings (SSSR count). The number of carbonyl (C=O) groups is 2. The zero-order chi connectivity index (χ0) is 26.5. The van der Waals surface area contributed by atoms with Gasteiger partial charge in [-0.25, -0.2) is 0 Å². The summed E-state index contributed by atoms with van der Waals surface area (Å²) in [5.74, 6) is -0.211. The van der Waals surface area contributed by atoms with E-state index in [0.29, 0.717) is 30.6 Å². The van der Waals surface area contributed by atoms with Gasteiger partial charge >= 0.3 is 6.18 Å². The molecule has 3 aliphatic rings. The van der Waals surface area contributed by atoms with Crippen LogP contribution < -0.4 is 4.90 Å². The van der Waals surface area contributed by atoms with Crippen molar-refractivity contribution < 1.29 is 22.8 Å². The maximum atomic E-state index is 14.2. The second kappa shape index (κ2) is 9.29. The Labute approximate surface area is 214 Å². The topological polar surface area (TPSA) is 64.4 Å². The molecule has 1 atom stereocenters. The zero-order valence-electron chi connectivity index (χ0n) is 21.0. The van der Waals surface area contributed by atoms with Crippen molar-refractivity contribution in [1.82, 2.24) is 4.90 Å². The second-order valence-electron chi connectivity index (χ2n) is 11.3. The van der Waals surface area contributed by atoms with Gasteiger partial charge in [-0.3, -0.25) is 9.69 Å². The van der Waals surface area contributed by atoms with Gasteiger partial charge in [0.05, 0.1) is 18.2 Å². The Kier molecular flexibility index (Phi) is 6.39. The Balaban J connectivity index is 1.44. The summed E-state index contributed by atoms with van der Waals surface area (Å²) in [7, 11) is 0. The van der Waals surface area contributed by atoms with Crippen LogP contribution in [0.5, 0.6) is 0 Å². The van der Waals surface area contributed by atoms with Crippen molar-refractivity contribution in [3.63, 3.8) is 0 Å². The Morgan fingerprint density at radius 1 is 1.19 bits per heavy atom. The summed E-state index contributed by atoms with van der Waals surface area (Å²) in [4.78, 5) is 28.3. The van der Waals surface area contributed by atoms with Crippen LogP contribution in [0, 0.1) is 23.2 Å². The summed E-state index contributed by atoms with van der Waals surface area (Å²) in [6.07, 6.45) is -0.788. The number of anilines is 1. The highest BCUT2D eigenvalue weighted by atomic mass is 19.4. The minimum atomic E-state index is -4.59. The molecule has 194 valence electrons. The number of fused-ring (bicyclic) bond motifs is 1. The lowest BCUT2D eigenvalue weighted by Crippen LogP contribution is -2.49. The largest absolute Gasteiger partial charge is 0.416 e. The molecule has 5 nitrogen and oxygen atoms in total. The van der Waals surface area contributed by atoms with Crippen LogP contribution in [0.3, 0.4) is 0 Å². The average Bonchev–Trinajstić information content (AvgIpc) is 3.15. The van der Waals surface area contributed by atoms with E-state index in [-0.39, 0.29) is 47.5 Å². The number of carbonyl (C=O) groups excluding carboxylic acids is 2. The van der Waals surface area contributed by atoms with Crippen LogP contribution in [-0.4, -0.2) is 29.2 Å². The van der Waals surface area contributed by atoms with Crippen LogP contribution in [-0.2, 0) is 24.1 Å². The highest BCUT2D eigenvalue weighted by Crippen LogP contribution is 2.44. The molecule has 0 N–H and O–H groups in total. The molecular formula is C29H30F3N3O2. The van der Waals surface area contributed by atoms with E-state index >= 15 is 0 Å². The average molecular weight is 510 g/mol. The van der Waals surface area contributed by atoms with Crippen molar-refractivity contribution in [2.24, 2.45) is 11.8 Å². The van der Waals surface area contributed by atoms with E-state index in [1.54, 1.807) is 12.1 Å². The number of alkyl halides is 3. The van der Waals surface area contributed by atoms with Gasteiger partial charge in [0, 0.05) is 35.2 Å². The molecule has 0 aromatic heterocycles. The Morgan fingerprint density at radius 3 is 2.59 bits per heavy atom. The predicted octanol–water partition coefficient (Wildman–Crippen LogP) is 6.07. The van der Waals surface area contributed by atoms with Crippen LogP contribution in [0.1, 0.15) is 78.1 Å². The maximum absolute atomic E-state index is 14.2. The highest BCUT2D eigenvalue weighted by molar-refractivity contribution is 6.10.